The lowest BCUT2D eigenvalue weighted by Gasteiger charge is -2.10. The molecule has 0 aliphatic carbocycles. The Morgan fingerprint density at radius 3 is 2.89 bits per heavy atom. The second kappa shape index (κ2) is 5.65. The Morgan fingerprint density at radius 1 is 1.39 bits per heavy atom. The fourth-order valence-electron chi connectivity index (χ4n) is 1.83. The summed E-state index contributed by atoms with van der Waals surface area (Å²) in [4.78, 5) is 4.42. The average molecular weight is 257 g/mol. The van der Waals surface area contributed by atoms with Crippen LogP contribution in [0.2, 0.25) is 0 Å². The maximum absolute atomic E-state index is 9.06. The second-order valence-corrected chi connectivity index (χ2v) is 5.21. The van der Waals surface area contributed by atoms with Crippen molar-refractivity contribution in [1.82, 2.24) is 4.98 Å². The van der Waals surface area contributed by atoms with Crippen LogP contribution < -0.4 is 5.32 Å². The minimum Gasteiger partial charge on any atom is -0.383 e. The van der Waals surface area contributed by atoms with E-state index in [0.29, 0.717) is 5.56 Å². The number of nitriles is 1. The molecule has 0 bridgehead atoms. The van der Waals surface area contributed by atoms with Crippen LogP contribution in [0.3, 0.4) is 0 Å². The Hall–Kier alpha value is -1.86. The van der Waals surface area contributed by atoms with Gasteiger partial charge in [-0.05, 0) is 25.5 Å². The molecule has 18 heavy (non-hydrogen) atoms. The SMILES string of the molecule is Cc1nc(CCNc2c(C)cccc2C#N)cs1. The van der Waals surface area contributed by atoms with Gasteiger partial charge < -0.3 is 5.32 Å². The summed E-state index contributed by atoms with van der Waals surface area (Å²) in [5, 5.41) is 15.6. The van der Waals surface area contributed by atoms with E-state index >= 15 is 0 Å². The number of rotatable bonds is 4. The van der Waals surface area contributed by atoms with E-state index in [4.69, 9.17) is 5.26 Å². The van der Waals surface area contributed by atoms with Gasteiger partial charge in [-0.3, -0.25) is 0 Å². The van der Waals surface area contributed by atoms with Gasteiger partial charge in [-0.25, -0.2) is 4.98 Å². The van der Waals surface area contributed by atoms with E-state index in [9.17, 15) is 0 Å². The van der Waals surface area contributed by atoms with E-state index in [1.807, 2.05) is 32.0 Å². The van der Waals surface area contributed by atoms with Gasteiger partial charge >= 0.3 is 0 Å². The van der Waals surface area contributed by atoms with E-state index in [0.717, 1.165) is 34.9 Å². The predicted octanol–water partition coefficient (Wildman–Crippen LogP) is 3.29. The molecule has 1 aromatic heterocycles. The van der Waals surface area contributed by atoms with Crippen LogP contribution in [0.4, 0.5) is 5.69 Å². The Balaban J connectivity index is 2.00. The molecule has 92 valence electrons. The molecule has 0 atom stereocenters. The molecule has 0 saturated carbocycles. The molecular weight excluding hydrogens is 242 g/mol. The molecule has 2 aromatic rings. The van der Waals surface area contributed by atoms with Crippen molar-refractivity contribution in [2.45, 2.75) is 20.3 Å². The molecule has 4 heteroatoms. The van der Waals surface area contributed by atoms with Crippen LogP contribution in [0.15, 0.2) is 23.6 Å². The number of thiazole rings is 1. The first-order chi connectivity index (χ1) is 8.70. The zero-order valence-corrected chi connectivity index (χ0v) is 11.3. The number of aryl methyl sites for hydroxylation is 2. The normalized spacial score (nSPS) is 10.1. The summed E-state index contributed by atoms with van der Waals surface area (Å²) < 4.78 is 0. The van der Waals surface area contributed by atoms with Gasteiger partial charge in [-0.2, -0.15) is 5.26 Å². The Morgan fingerprint density at radius 2 is 2.22 bits per heavy atom. The van der Waals surface area contributed by atoms with Crippen molar-refractivity contribution in [3.63, 3.8) is 0 Å². The highest BCUT2D eigenvalue weighted by Crippen LogP contribution is 2.19. The van der Waals surface area contributed by atoms with E-state index < -0.39 is 0 Å². The Kier molecular flexibility index (Phi) is 3.96. The third-order valence-corrected chi connectivity index (χ3v) is 3.57. The summed E-state index contributed by atoms with van der Waals surface area (Å²) in [5.74, 6) is 0. The largest absolute Gasteiger partial charge is 0.383 e. The maximum Gasteiger partial charge on any atom is 0.101 e. The van der Waals surface area contributed by atoms with Crippen molar-refractivity contribution in [2.75, 3.05) is 11.9 Å². The van der Waals surface area contributed by atoms with Crippen molar-refractivity contribution in [3.8, 4) is 6.07 Å². The lowest BCUT2D eigenvalue weighted by atomic mass is 10.1. The monoisotopic (exact) mass is 257 g/mol. The van der Waals surface area contributed by atoms with Crippen LogP contribution in [0.25, 0.3) is 0 Å². The lowest BCUT2D eigenvalue weighted by molar-refractivity contribution is 0.966. The molecule has 0 spiro atoms. The summed E-state index contributed by atoms with van der Waals surface area (Å²) >= 11 is 1.67. The average Bonchev–Trinajstić information content (AvgIpc) is 2.77. The Bertz CT molecular complexity index is 581. The second-order valence-electron chi connectivity index (χ2n) is 4.14. The van der Waals surface area contributed by atoms with Crippen molar-refractivity contribution in [2.24, 2.45) is 0 Å². The molecular formula is C14H15N3S. The number of para-hydroxylation sites is 1. The topological polar surface area (TPSA) is 48.7 Å². The van der Waals surface area contributed by atoms with Gasteiger partial charge in [-0.15, -0.1) is 11.3 Å². The number of nitrogens with one attached hydrogen (secondary N) is 1. The summed E-state index contributed by atoms with van der Waals surface area (Å²) in [6.07, 6.45) is 0.879. The lowest BCUT2D eigenvalue weighted by Crippen LogP contribution is -2.07. The number of hydrogen-bond acceptors (Lipinski definition) is 4. The highest BCUT2D eigenvalue weighted by atomic mass is 32.1. The van der Waals surface area contributed by atoms with Crippen molar-refractivity contribution < 1.29 is 0 Å². The molecule has 0 fully saturated rings. The number of anilines is 1. The van der Waals surface area contributed by atoms with Crippen LogP contribution in [0.5, 0.6) is 0 Å². The van der Waals surface area contributed by atoms with E-state index in [2.05, 4.69) is 21.8 Å². The smallest absolute Gasteiger partial charge is 0.101 e. The number of hydrogen-bond donors (Lipinski definition) is 1. The van der Waals surface area contributed by atoms with Gasteiger partial charge in [0.05, 0.1) is 22.0 Å². The minimum absolute atomic E-state index is 0.699. The summed E-state index contributed by atoms with van der Waals surface area (Å²) in [5.41, 5.74) is 3.84. The van der Waals surface area contributed by atoms with Gasteiger partial charge in [-0.1, -0.05) is 12.1 Å². The first kappa shape index (κ1) is 12.6. The zero-order valence-electron chi connectivity index (χ0n) is 10.5. The highest BCUT2D eigenvalue weighted by Gasteiger charge is 2.04. The number of aromatic nitrogens is 1. The van der Waals surface area contributed by atoms with E-state index in [-0.39, 0.29) is 0 Å². The molecule has 0 saturated heterocycles. The molecule has 0 radical (unpaired) electrons. The van der Waals surface area contributed by atoms with Crippen LogP contribution in [-0.4, -0.2) is 11.5 Å². The van der Waals surface area contributed by atoms with Gasteiger partial charge in [0.2, 0.25) is 0 Å². The minimum atomic E-state index is 0.699. The molecule has 2 rings (SSSR count). The van der Waals surface area contributed by atoms with Gasteiger partial charge in [0, 0.05) is 18.3 Å². The van der Waals surface area contributed by atoms with Crippen LogP contribution in [-0.2, 0) is 6.42 Å². The highest BCUT2D eigenvalue weighted by molar-refractivity contribution is 7.09. The standard InChI is InChI=1S/C14H15N3S/c1-10-4-3-5-12(8-15)14(10)16-7-6-13-9-18-11(2)17-13/h3-5,9,16H,6-7H2,1-2H3. The third-order valence-electron chi connectivity index (χ3n) is 2.74. The third kappa shape index (κ3) is 2.88. The fourth-order valence-corrected chi connectivity index (χ4v) is 2.48. The molecule has 3 nitrogen and oxygen atoms in total. The first-order valence-electron chi connectivity index (χ1n) is 5.85. The zero-order chi connectivity index (χ0) is 13.0. The molecule has 0 unspecified atom stereocenters. The summed E-state index contributed by atoms with van der Waals surface area (Å²) in [6, 6.07) is 7.96. The molecule has 0 aliphatic heterocycles. The van der Waals surface area contributed by atoms with Gasteiger partial charge in [0.25, 0.3) is 0 Å². The molecule has 0 amide bonds. The van der Waals surface area contributed by atoms with Gasteiger partial charge in [0.15, 0.2) is 0 Å². The van der Waals surface area contributed by atoms with Gasteiger partial charge in [0.1, 0.15) is 6.07 Å². The van der Waals surface area contributed by atoms with Crippen LogP contribution in [0, 0.1) is 25.2 Å². The van der Waals surface area contributed by atoms with Crippen molar-refractivity contribution >= 4 is 17.0 Å². The van der Waals surface area contributed by atoms with E-state index in [1.165, 1.54) is 0 Å². The first-order valence-corrected chi connectivity index (χ1v) is 6.73. The van der Waals surface area contributed by atoms with Crippen molar-refractivity contribution in [1.29, 1.82) is 5.26 Å². The number of nitrogens with zero attached hydrogens (tertiary/aromatic N) is 2. The maximum atomic E-state index is 9.06. The van der Waals surface area contributed by atoms with Crippen LogP contribution in [0.1, 0.15) is 21.8 Å². The molecule has 0 aliphatic rings. The quantitative estimate of drug-likeness (QED) is 0.914. The Labute approximate surface area is 111 Å². The fraction of sp³-hybridized carbons (Fsp3) is 0.286. The van der Waals surface area contributed by atoms with Crippen molar-refractivity contribution in [3.05, 3.63) is 45.4 Å². The summed E-state index contributed by atoms with van der Waals surface area (Å²) in [7, 11) is 0. The van der Waals surface area contributed by atoms with E-state index in [1.54, 1.807) is 11.3 Å². The molecule has 1 aromatic carbocycles. The van der Waals surface area contributed by atoms with Crippen LogP contribution >= 0.6 is 11.3 Å². The molecule has 1 heterocycles. The molecule has 1 N–H and O–H groups in total. The summed E-state index contributed by atoms with van der Waals surface area (Å²) in [6.45, 7) is 4.82. The predicted molar refractivity (Wildman–Crippen MR) is 74.9 cm³/mol. The number of benzene rings is 1.